The van der Waals surface area contributed by atoms with E-state index in [1.165, 1.54) is 12.5 Å². The van der Waals surface area contributed by atoms with Crippen molar-refractivity contribution in [3.63, 3.8) is 0 Å². The number of anilines is 1. The van der Waals surface area contributed by atoms with Crippen LogP contribution in [0.3, 0.4) is 0 Å². The molecular formula is C16H16FN7O. The van der Waals surface area contributed by atoms with Crippen molar-refractivity contribution in [2.24, 2.45) is 0 Å². The first-order chi connectivity index (χ1) is 12.1. The zero-order chi connectivity index (χ0) is 17.6. The van der Waals surface area contributed by atoms with Crippen molar-refractivity contribution in [2.45, 2.75) is 6.92 Å². The van der Waals surface area contributed by atoms with Crippen molar-refractivity contribution >= 4 is 11.7 Å². The molecule has 3 aromatic heterocycles. The van der Waals surface area contributed by atoms with Crippen LogP contribution >= 0.6 is 0 Å². The molecule has 0 radical (unpaired) electrons. The van der Waals surface area contributed by atoms with Crippen LogP contribution in [0.5, 0.6) is 0 Å². The molecule has 0 aromatic carbocycles. The number of aryl methyl sites for hydroxylation is 1. The van der Waals surface area contributed by atoms with E-state index in [4.69, 9.17) is 0 Å². The van der Waals surface area contributed by atoms with E-state index in [1.54, 1.807) is 12.3 Å². The van der Waals surface area contributed by atoms with Crippen LogP contribution in [-0.2, 0) is 0 Å². The highest BCUT2D eigenvalue weighted by atomic mass is 19.1. The number of hydrogen-bond acceptors (Lipinski definition) is 6. The van der Waals surface area contributed by atoms with Gasteiger partial charge in [-0.25, -0.2) is 19.3 Å². The van der Waals surface area contributed by atoms with Gasteiger partial charge in [0.05, 0.1) is 11.8 Å². The van der Waals surface area contributed by atoms with Crippen LogP contribution in [0.2, 0.25) is 0 Å². The van der Waals surface area contributed by atoms with Crippen LogP contribution in [-0.4, -0.2) is 43.5 Å². The zero-order valence-electron chi connectivity index (χ0n) is 13.5. The van der Waals surface area contributed by atoms with Gasteiger partial charge in [-0.05, 0) is 13.0 Å². The average Bonchev–Trinajstić information content (AvgIpc) is 3.05. The van der Waals surface area contributed by atoms with E-state index in [-0.39, 0.29) is 11.5 Å². The van der Waals surface area contributed by atoms with Gasteiger partial charge in [-0.2, -0.15) is 0 Å². The summed E-state index contributed by atoms with van der Waals surface area (Å²) in [6.45, 7) is 2.68. The zero-order valence-corrected chi connectivity index (χ0v) is 13.5. The number of pyridine rings is 1. The van der Waals surface area contributed by atoms with E-state index in [9.17, 15) is 9.18 Å². The number of rotatable bonds is 6. The first-order valence-corrected chi connectivity index (χ1v) is 7.58. The molecule has 2 N–H and O–H groups in total. The standard InChI is InChI=1S/C16H16FN7O/c1-11-19-4-5-24(11)15-7-14(22-10-23-15)20-2-3-21-16(25)12-6-13(17)9-18-8-12/h4-10H,2-3H2,1H3,(H,21,25)(H,20,22,23). The second kappa shape index (κ2) is 7.47. The molecule has 0 aliphatic rings. The Balaban J connectivity index is 1.53. The van der Waals surface area contributed by atoms with Gasteiger partial charge in [0.1, 0.15) is 29.6 Å². The third-order valence-electron chi connectivity index (χ3n) is 3.41. The Morgan fingerprint density at radius 2 is 2.08 bits per heavy atom. The van der Waals surface area contributed by atoms with Crippen LogP contribution in [0.15, 0.2) is 43.2 Å². The normalized spacial score (nSPS) is 10.5. The predicted octanol–water partition coefficient (Wildman–Crippen LogP) is 1.35. The highest BCUT2D eigenvalue weighted by molar-refractivity contribution is 5.93. The number of carbonyl (C=O) groups is 1. The number of carbonyl (C=O) groups excluding carboxylic acids is 1. The van der Waals surface area contributed by atoms with E-state index in [0.29, 0.717) is 24.7 Å². The fraction of sp³-hybridized carbons (Fsp3) is 0.188. The highest BCUT2D eigenvalue weighted by Crippen LogP contribution is 2.10. The summed E-state index contributed by atoms with van der Waals surface area (Å²) < 4.78 is 14.9. The minimum Gasteiger partial charge on any atom is -0.368 e. The Labute approximate surface area is 143 Å². The number of amides is 1. The van der Waals surface area contributed by atoms with Crippen molar-refractivity contribution < 1.29 is 9.18 Å². The van der Waals surface area contributed by atoms with Crippen LogP contribution in [0, 0.1) is 12.7 Å². The maximum Gasteiger partial charge on any atom is 0.253 e. The third-order valence-corrected chi connectivity index (χ3v) is 3.41. The van der Waals surface area contributed by atoms with Gasteiger partial charge in [-0.3, -0.25) is 14.3 Å². The average molecular weight is 341 g/mol. The lowest BCUT2D eigenvalue weighted by Gasteiger charge is -2.09. The molecule has 3 rings (SSSR count). The summed E-state index contributed by atoms with van der Waals surface area (Å²) in [6.07, 6.45) is 7.33. The number of imidazole rings is 1. The summed E-state index contributed by atoms with van der Waals surface area (Å²) in [5.41, 5.74) is 0.180. The van der Waals surface area contributed by atoms with E-state index in [2.05, 4.69) is 30.6 Å². The summed E-state index contributed by atoms with van der Waals surface area (Å²) in [5, 5.41) is 5.78. The van der Waals surface area contributed by atoms with Crippen LogP contribution < -0.4 is 10.6 Å². The Kier molecular flexibility index (Phi) is 4.93. The second-order valence-electron chi connectivity index (χ2n) is 5.18. The van der Waals surface area contributed by atoms with Gasteiger partial charge in [-0.1, -0.05) is 0 Å². The molecule has 0 saturated heterocycles. The molecule has 0 aliphatic carbocycles. The second-order valence-corrected chi connectivity index (χ2v) is 5.18. The lowest BCUT2D eigenvalue weighted by molar-refractivity contribution is 0.0954. The molecule has 8 nitrogen and oxygen atoms in total. The largest absolute Gasteiger partial charge is 0.368 e. The molecule has 9 heteroatoms. The Hall–Kier alpha value is -3.36. The monoisotopic (exact) mass is 341 g/mol. The number of nitrogens with zero attached hydrogens (tertiary/aromatic N) is 5. The third kappa shape index (κ3) is 4.14. The molecule has 0 fully saturated rings. The number of hydrogen-bond donors (Lipinski definition) is 2. The number of halogens is 1. The molecule has 1 amide bonds. The first kappa shape index (κ1) is 16.5. The molecule has 0 bridgehead atoms. The van der Waals surface area contributed by atoms with Crippen molar-refractivity contribution in [3.8, 4) is 5.82 Å². The van der Waals surface area contributed by atoms with Crippen LogP contribution in [0.25, 0.3) is 5.82 Å². The lowest BCUT2D eigenvalue weighted by Crippen LogP contribution is -2.29. The minimum atomic E-state index is -0.547. The summed E-state index contributed by atoms with van der Waals surface area (Å²) in [6, 6.07) is 2.92. The Morgan fingerprint density at radius 3 is 2.84 bits per heavy atom. The molecule has 25 heavy (non-hydrogen) atoms. The topological polar surface area (TPSA) is 97.6 Å². The van der Waals surface area contributed by atoms with Gasteiger partial charge in [-0.15, -0.1) is 0 Å². The van der Waals surface area contributed by atoms with Gasteiger partial charge in [0.2, 0.25) is 0 Å². The maximum absolute atomic E-state index is 13.0. The van der Waals surface area contributed by atoms with Crippen molar-refractivity contribution in [2.75, 3.05) is 18.4 Å². The van der Waals surface area contributed by atoms with Gasteiger partial charge >= 0.3 is 0 Å². The molecule has 0 saturated carbocycles. The van der Waals surface area contributed by atoms with E-state index >= 15 is 0 Å². The minimum absolute atomic E-state index is 0.180. The molecule has 0 spiro atoms. The fourth-order valence-electron chi connectivity index (χ4n) is 2.20. The van der Waals surface area contributed by atoms with Crippen molar-refractivity contribution in [3.05, 3.63) is 60.5 Å². The van der Waals surface area contributed by atoms with Crippen molar-refractivity contribution in [1.82, 2.24) is 29.8 Å². The number of aromatic nitrogens is 5. The summed E-state index contributed by atoms with van der Waals surface area (Å²) >= 11 is 0. The van der Waals surface area contributed by atoms with E-state index in [1.807, 2.05) is 17.7 Å². The van der Waals surface area contributed by atoms with Gasteiger partial charge in [0.25, 0.3) is 5.91 Å². The quantitative estimate of drug-likeness (QED) is 0.657. The smallest absolute Gasteiger partial charge is 0.253 e. The molecule has 0 atom stereocenters. The number of nitrogens with one attached hydrogen (secondary N) is 2. The maximum atomic E-state index is 13.0. The fourth-order valence-corrected chi connectivity index (χ4v) is 2.20. The molecular weight excluding hydrogens is 325 g/mol. The molecule has 128 valence electrons. The molecule has 0 unspecified atom stereocenters. The van der Waals surface area contributed by atoms with Crippen molar-refractivity contribution in [1.29, 1.82) is 0 Å². The summed E-state index contributed by atoms with van der Waals surface area (Å²) in [7, 11) is 0. The Morgan fingerprint density at radius 1 is 1.20 bits per heavy atom. The highest BCUT2D eigenvalue weighted by Gasteiger charge is 2.07. The molecule has 3 aromatic rings. The van der Waals surface area contributed by atoms with Crippen LogP contribution in [0.1, 0.15) is 16.2 Å². The van der Waals surface area contributed by atoms with Gasteiger partial charge < -0.3 is 10.6 Å². The molecule has 0 aliphatic heterocycles. The van der Waals surface area contributed by atoms with Gasteiger partial charge in [0.15, 0.2) is 0 Å². The molecule has 3 heterocycles. The Bertz CT molecular complexity index is 880. The van der Waals surface area contributed by atoms with Gasteiger partial charge in [0, 0.05) is 37.7 Å². The van der Waals surface area contributed by atoms with Crippen LogP contribution in [0.4, 0.5) is 10.2 Å². The summed E-state index contributed by atoms with van der Waals surface area (Å²) in [5.74, 6) is 1.21. The predicted molar refractivity (Wildman–Crippen MR) is 88.9 cm³/mol. The summed E-state index contributed by atoms with van der Waals surface area (Å²) in [4.78, 5) is 28.0. The van der Waals surface area contributed by atoms with E-state index in [0.717, 1.165) is 18.1 Å². The van der Waals surface area contributed by atoms with E-state index < -0.39 is 5.82 Å². The first-order valence-electron chi connectivity index (χ1n) is 7.58. The SMILES string of the molecule is Cc1nccn1-c1cc(NCCNC(=O)c2cncc(F)c2)ncn1. The lowest BCUT2D eigenvalue weighted by atomic mass is 10.2.